The van der Waals surface area contributed by atoms with E-state index in [9.17, 15) is 4.91 Å². The molecule has 13 heavy (non-hydrogen) atoms. The molecule has 0 unspecified atom stereocenters. The van der Waals surface area contributed by atoms with Crippen LogP contribution in [-0.4, -0.2) is 15.4 Å². The summed E-state index contributed by atoms with van der Waals surface area (Å²) in [5, 5.41) is 13.6. The Bertz CT molecular complexity index is 440. The molecule has 6 heteroatoms. The molecule has 1 aromatic carbocycles. The Balaban J connectivity index is 2.68. The molecule has 1 aromatic heterocycles. The molecule has 0 aliphatic rings. The zero-order valence-electron chi connectivity index (χ0n) is 6.41. The van der Waals surface area contributed by atoms with Crippen molar-refractivity contribution in [3.8, 4) is 5.88 Å². The van der Waals surface area contributed by atoms with Crippen molar-refractivity contribution in [2.75, 3.05) is 0 Å². The van der Waals surface area contributed by atoms with E-state index in [1.165, 1.54) is 0 Å². The number of benzene rings is 1. The van der Waals surface area contributed by atoms with Crippen LogP contribution in [0.15, 0.2) is 29.6 Å². The lowest BCUT2D eigenvalue weighted by Gasteiger charge is -1.96. The Morgan fingerprint density at radius 2 is 2.08 bits per heavy atom. The van der Waals surface area contributed by atoms with Gasteiger partial charge in [-0.2, -0.15) is 0 Å². The van der Waals surface area contributed by atoms with Crippen LogP contribution in [-0.2, 0) is 0 Å². The second kappa shape index (κ2) is 3.10. The van der Waals surface area contributed by atoms with Crippen LogP contribution in [0.2, 0.25) is 0 Å². The zero-order valence-corrected chi connectivity index (χ0v) is 6.41. The lowest BCUT2D eigenvalue weighted by atomic mass is 10.2. The summed E-state index contributed by atoms with van der Waals surface area (Å²) < 4.78 is 0. The SMILES string of the molecule is O=NOc1nnnc2ccccc12. The van der Waals surface area contributed by atoms with Crippen LogP contribution in [0.25, 0.3) is 10.9 Å². The Morgan fingerprint density at radius 3 is 2.92 bits per heavy atom. The van der Waals surface area contributed by atoms with Gasteiger partial charge in [0.15, 0.2) is 5.34 Å². The number of hydrogen-bond donors (Lipinski definition) is 0. The Hall–Kier alpha value is -2.11. The minimum absolute atomic E-state index is 0.0700. The van der Waals surface area contributed by atoms with E-state index in [1.807, 2.05) is 0 Å². The van der Waals surface area contributed by atoms with E-state index in [0.717, 1.165) is 0 Å². The molecule has 6 nitrogen and oxygen atoms in total. The van der Waals surface area contributed by atoms with Gasteiger partial charge >= 0.3 is 0 Å². The third-order valence-electron chi connectivity index (χ3n) is 1.55. The summed E-state index contributed by atoms with van der Waals surface area (Å²) in [4.78, 5) is 14.2. The zero-order chi connectivity index (χ0) is 9.10. The van der Waals surface area contributed by atoms with Gasteiger partial charge in [-0.3, -0.25) is 0 Å². The maximum atomic E-state index is 9.86. The van der Waals surface area contributed by atoms with E-state index in [-0.39, 0.29) is 5.88 Å². The highest BCUT2D eigenvalue weighted by atomic mass is 16.7. The minimum Gasteiger partial charge on any atom is -0.301 e. The number of fused-ring (bicyclic) bond motifs is 1. The summed E-state index contributed by atoms with van der Waals surface area (Å²) in [6.07, 6.45) is 0. The summed E-state index contributed by atoms with van der Waals surface area (Å²) in [6, 6.07) is 7.04. The Labute approximate surface area is 72.5 Å². The van der Waals surface area contributed by atoms with Crippen molar-refractivity contribution in [3.05, 3.63) is 29.2 Å². The first-order valence-electron chi connectivity index (χ1n) is 3.49. The number of nitrogens with zero attached hydrogens (tertiary/aromatic N) is 4. The molecular formula is C7H4N4O2. The van der Waals surface area contributed by atoms with Crippen molar-refractivity contribution < 1.29 is 4.84 Å². The molecule has 0 saturated carbocycles. The Kier molecular flexibility index (Phi) is 1.79. The van der Waals surface area contributed by atoms with Gasteiger partial charge in [0.05, 0.1) is 5.39 Å². The third-order valence-corrected chi connectivity index (χ3v) is 1.55. The van der Waals surface area contributed by atoms with E-state index < -0.39 is 0 Å². The number of aromatic nitrogens is 3. The molecule has 2 rings (SSSR count). The molecule has 0 aliphatic carbocycles. The average Bonchev–Trinajstić information content (AvgIpc) is 2.19. The molecule has 0 saturated heterocycles. The first-order chi connectivity index (χ1) is 6.42. The summed E-state index contributed by atoms with van der Waals surface area (Å²) in [6.45, 7) is 0. The summed E-state index contributed by atoms with van der Waals surface area (Å²) in [7, 11) is 0. The molecule has 64 valence electrons. The Morgan fingerprint density at radius 1 is 1.23 bits per heavy atom. The second-order valence-corrected chi connectivity index (χ2v) is 2.28. The molecule has 0 bridgehead atoms. The maximum Gasteiger partial charge on any atom is 0.282 e. The smallest absolute Gasteiger partial charge is 0.282 e. The topological polar surface area (TPSA) is 77.3 Å². The van der Waals surface area contributed by atoms with Crippen molar-refractivity contribution in [1.29, 1.82) is 0 Å². The molecule has 0 radical (unpaired) electrons. The van der Waals surface area contributed by atoms with Crippen molar-refractivity contribution in [2.24, 2.45) is 5.34 Å². The first-order valence-corrected chi connectivity index (χ1v) is 3.49. The lowest BCUT2D eigenvalue weighted by molar-refractivity contribution is 0.320. The maximum absolute atomic E-state index is 9.86. The van der Waals surface area contributed by atoms with Crippen LogP contribution in [0.4, 0.5) is 0 Å². The molecule has 0 fully saturated rings. The monoisotopic (exact) mass is 176 g/mol. The molecule has 2 aromatic rings. The van der Waals surface area contributed by atoms with E-state index in [0.29, 0.717) is 10.9 Å². The van der Waals surface area contributed by atoms with E-state index in [4.69, 9.17) is 0 Å². The van der Waals surface area contributed by atoms with Gasteiger partial charge in [0.2, 0.25) is 0 Å². The van der Waals surface area contributed by atoms with Crippen LogP contribution < -0.4 is 4.84 Å². The normalized spacial score (nSPS) is 9.85. The second-order valence-electron chi connectivity index (χ2n) is 2.28. The highest BCUT2D eigenvalue weighted by Crippen LogP contribution is 2.19. The highest BCUT2D eigenvalue weighted by molar-refractivity contribution is 5.82. The molecule has 0 spiro atoms. The summed E-state index contributed by atoms with van der Waals surface area (Å²) >= 11 is 0. The molecule has 0 atom stereocenters. The molecule has 1 heterocycles. The molecule has 0 amide bonds. The van der Waals surface area contributed by atoms with Crippen LogP contribution in [0.3, 0.4) is 0 Å². The van der Waals surface area contributed by atoms with Crippen molar-refractivity contribution in [3.63, 3.8) is 0 Å². The summed E-state index contributed by atoms with van der Waals surface area (Å²) in [5.41, 5.74) is 0.608. The lowest BCUT2D eigenvalue weighted by Crippen LogP contribution is -1.93. The molecule has 0 aliphatic heterocycles. The number of hydrogen-bond acceptors (Lipinski definition) is 6. The minimum atomic E-state index is 0.0700. The first kappa shape index (κ1) is 7.53. The fourth-order valence-corrected chi connectivity index (χ4v) is 1.01. The fraction of sp³-hybridized carbons (Fsp3) is 0. The highest BCUT2D eigenvalue weighted by Gasteiger charge is 2.04. The van der Waals surface area contributed by atoms with Crippen molar-refractivity contribution in [1.82, 2.24) is 15.4 Å². The molecular weight excluding hydrogens is 172 g/mol. The van der Waals surface area contributed by atoms with Crippen molar-refractivity contribution in [2.45, 2.75) is 0 Å². The van der Waals surface area contributed by atoms with Gasteiger partial charge in [-0.1, -0.05) is 17.2 Å². The van der Waals surface area contributed by atoms with Gasteiger partial charge in [-0.15, -0.1) is 10.0 Å². The van der Waals surface area contributed by atoms with Gasteiger partial charge < -0.3 is 4.84 Å². The average molecular weight is 176 g/mol. The van der Waals surface area contributed by atoms with E-state index >= 15 is 0 Å². The van der Waals surface area contributed by atoms with Gasteiger partial charge in [0.1, 0.15) is 5.52 Å². The predicted molar refractivity (Wildman–Crippen MR) is 43.8 cm³/mol. The van der Waals surface area contributed by atoms with Gasteiger partial charge in [-0.25, -0.2) is 0 Å². The summed E-state index contributed by atoms with van der Waals surface area (Å²) in [5.74, 6) is 0.0700. The van der Waals surface area contributed by atoms with Crippen LogP contribution in [0.5, 0.6) is 5.88 Å². The standard InChI is InChI=1S/C7H4N4O2/c12-11-13-7-5-3-1-2-4-6(5)8-10-9-7/h1-4H. The van der Waals surface area contributed by atoms with Gasteiger partial charge in [0.25, 0.3) is 5.88 Å². The van der Waals surface area contributed by atoms with Crippen molar-refractivity contribution >= 4 is 10.9 Å². The van der Waals surface area contributed by atoms with Gasteiger partial charge in [0, 0.05) is 0 Å². The quantitative estimate of drug-likeness (QED) is 0.505. The van der Waals surface area contributed by atoms with E-state index in [1.54, 1.807) is 24.3 Å². The van der Waals surface area contributed by atoms with Crippen LogP contribution >= 0.6 is 0 Å². The molecule has 0 N–H and O–H groups in total. The van der Waals surface area contributed by atoms with E-state index in [2.05, 4.69) is 25.6 Å². The van der Waals surface area contributed by atoms with Crippen LogP contribution in [0.1, 0.15) is 0 Å². The fourth-order valence-electron chi connectivity index (χ4n) is 1.01. The predicted octanol–water partition coefficient (Wildman–Crippen LogP) is 1.08. The largest absolute Gasteiger partial charge is 0.301 e. The van der Waals surface area contributed by atoms with Crippen LogP contribution in [0, 0.1) is 4.91 Å². The number of rotatable bonds is 2. The third kappa shape index (κ3) is 1.28. The van der Waals surface area contributed by atoms with Gasteiger partial charge in [-0.05, 0) is 17.3 Å².